The molecule has 4 heteroatoms. The van der Waals surface area contributed by atoms with Crippen molar-refractivity contribution in [2.75, 3.05) is 0 Å². The van der Waals surface area contributed by atoms with Gasteiger partial charge in [0.15, 0.2) is 0 Å². The fourth-order valence-electron chi connectivity index (χ4n) is 3.51. The summed E-state index contributed by atoms with van der Waals surface area (Å²) < 4.78 is 17.9. The largest absolute Gasteiger partial charge is 0.464 e. The van der Waals surface area contributed by atoms with Crippen LogP contribution in [0.4, 0.5) is 0 Å². The number of hydrogen-bond acceptors (Lipinski definition) is 4. The van der Waals surface area contributed by atoms with Crippen LogP contribution in [0.1, 0.15) is 44.2 Å². The molecule has 0 fully saturated rings. The summed E-state index contributed by atoms with van der Waals surface area (Å²) in [6.45, 7) is 6.00. The van der Waals surface area contributed by atoms with Crippen LogP contribution in [0.2, 0.25) is 0 Å². The fourth-order valence-corrected chi connectivity index (χ4v) is 3.51. The highest BCUT2D eigenvalue weighted by molar-refractivity contribution is 5.85. The molecule has 2 aromatic carbocycles. The summed E-state index contributed by atoms with van der Waals surface area (Å²) >= 11 is 0. The van der Waals surface area contributed by atoms with E-state index in [1.165, 1.54) is 0 Å². The highest BCUT2D eigenvalue weighted by Gasteiger charge is 2.36. The molecule has 3 aromatic rings. The van der Waals surface area contributed by atoms with Gasteiger partial charge in [-0.25, -0.2) is 4.79 Å². The Hall–Kier alpha value is -2.59. The van der Waals surface area contributed by atoms with E-state index in [9.17, 15) is 4.79 Å². The van der Waals surface area contributed by atoms with E-state index >= 15 is 0 Å². The van der Waals surface area contributed by atoms with E-state index in [1.807, 2.05) is 69.3 Å². The third-order valence-corrected chi connectivity index (χ3v) is 4.51. The number of rotatable bonds is 2. The van der Waals surface area contributed by atoms with Crippen LogP contribution in [0.15, 0.2) is 63.8 Å². The molecule has 1 aliphatic heterocycles. The Bertz CT molecular complexity index is 982. The van der Waals surface area contributed by atoms with Crippen molar-refractivity contribution in [2.24, 2.45) is 0 Å². The smallest absolute Gasteiger partial charge is 0.343 e. The molecule has 0 saturated heterocycles. The molecule has 2 atom stereocenters. The van der Waals surface area contributed by atoms with Gasteiger partial charge in [-0.3, -0.25) is 0 Å². The predicted octanol–water partition coefficient (Wildman–Crippen LogP) is 4.85. The Morgan fingerprint density at radius 3 is 2.42 bits per heavy atom. The lowest BCUT2D eigenvalue weighted by molar-refractivity contribution is -0.159. The molecule has 1 aliphatic rings. The molecule has 4 rings (SSSR count). The van der Waals surface area contributed by atoms with Crippen molar-refractivity contribution in [3.05, 3.63) is 76.1 Å². The predicted molar refractivity (Wildman–Crippen MR) is 101 cm³/mol. The van der Waals surface area contributed by atoms with Crippen LogP contribution in [0.25, 0.3) is 11.0 Å². The van der Waals surface area contributed by atoms with Gasteiger partial charge >= 0.3 is 5.63 Å². The Kier molecular flexibility index (Phi) is 4.08. The van der Waals surface area contributed by atoms with Gasteiger partial charge in [-0.05, 0) is 38.5 Å². The quantitative estimate of drug-likeness (QED) is 0.620. The van der Waals surface area contributed by atoms with Crippen LogP contribution in [0.3, 0.4) is 0 Å². The lowest BCUT2D eigenvalue weighted by Crippen LogP contribution is -2.37. The van der Waals surface area contributed by atoms with Crippen molar-refractivity contribution >= 4 is 11.0 Å². The van der Waals surface area contributed by atoms with E-state index < -0.39 is 6.29 Å². The zero-order valence-corrected chi connectivity index (χ0v) is 15.2. The topological polar surface area (TPSA) is 48.7 Å². The second kappa shape index (κ2) is 6.29. The van der Waals surface area contributed by atoms with Gasteiger partial charge in [0.05, 0.1) is 16.6 Å². The first-order chi connectivity index (χ1) is 12.4. The molecule has 4 nitrogen and oxygen atoms in total. The molecule has 0 bridgehead atoms. The van der Waals surface area contributed by atoms with Crippen molar-refractivity contribution in [2.45, 2.75) is 45.0 Å². The Morgan fingerprint density at radius 1 is 1.00 bits per heavy atom. The van der Waals surface area contributed by atoms with Crippen molar-refractivity contribution in [1.29, 1.82) is 0 Å². The SMILES string of the molecule is CC(C)(C)O[C@@H]1C[C@@H](c2ccccc2)c2c(c3ccccc3oc2=O)O1. The molecule has 26 heavy (non-hydrogen) atoms. The van der Waals surface area contributed by atoms with E-state index in [2.05, 4.69) is 0 Å². The highest BCUT2D eigenvalue weighted by Crippen LogP contribution is 2.43. The highest BCUT2D eigenvalue weighted by atomic mass is 16.7. The first-order valence-corrected chi connectivity index (χ1v) is 8.87. The molecule has 0 spiro atoms. The molecular weight excluding hydrogens is 328 g/mol. The Labute approximate surface area is 152 Å². The second-order valence-corrected chi connectivity index (χ2v) is 7.61. The van der Waals surface area contributed by atoms with Crippen molar-refractivity contribution in [3.63, 3.8) is 0 Å². The fraction of sp³-hybridized carbons (Fsp3) is 0.318. The van der Waals surface area contributed by atoms with Gasteiger partial charge in [-0.15, -0.1) is 0 Å². The van der Waals surface area contributed by atoms with Gasteiger partial charge in [-0.2, -0.15) is 0 Å². The zero-order chi connectivity index (χ0) is 18.3. The standard InChI is InChI=1S/C22H22O4/c1-22(2,3)26-18-13-16(14-9-5-4-6-10-14)19-20(25-18)15-11-7-8-12-17(15)24-21(19)23/h4-12,16,18H,13H2,1-3H3/t16-,18+/m0/s1. The van der Waals surface area contributed by atoms with Crippen LogP contribution in [0, 0.1) is 0 Å². The monoisotopic (exact) mass is 350 g/mol. The van der Waals surface area contributed by atoms with Gasteiger partial charge in [0.2, 0.25) is 6.29 Å². The molecule has 0 N–H and O–H groups in total. The average Bonchev–Trinajstić information content (AvgIpc) is 2.60. The minimum absolute atomic E-state index is 0.131. The number of benzene rings is 2. The van der Waals surface area contributed by atoms with Crippen molar-refractivity contribution < 1.29 is 13.9 Å². The van der Waals surface area contributed by atoms with Gasteiger partial charge in [0.1, 0.15) is 11.3 Å². The first-order valence-electron chi connectivity index (χ1n) is 8.87. The maximum atomic E-state index is 12.8. The molecule has 0 aliphatic carbocycles. The maximum absolute atomic E-state index is 12.8. The maximum Gasteiger partial charge on any atom is 0.343 e. The molecule has 134 valence electrons. The third-order valence-electron chi connectivity index (χ3n) is 4.51. The number of fused-ring (bicyclic) bond motifs is 3. The van der Waals surface area contributed by atoms with Crippen LogP contribution in [-0.4, -0.2) is 11.9 Å². The van der Waals surface area contributed by atoms with E-state index in [4.69, 9.17) is 13.9 Å². The van der Waals surface area contributed by atoms with E-state index in [0.29, 0.717) is 23.3 Å². The summed E-state index contributed by atoms with van der Waals surface area (Å²) in [5, 5.41) is 0.797. The van der Waals surface area contributed by atoms with Gasteiger partial charge in [0, 0.05) is 12.3 Å². The average molecular weight is 350 g/mol. The van der Waals surface area contributed by atoms with E-state index in [0.717, 1.165) is 10.9 Å². The summed E-state index contributed by atoms with van der Waals surface area (Å²) in [4.78, 5) is 12.8. The van der Waals surface area contributed by atoms with Gasteiger partial charge in [-0.1, -0.05) is 42.5 Å². The van der Waals surface area contributed by atoms with Crippen LogP contribution in [0.5, 0.6) is 5.75 Å². The molecular formula is C22H22O4. The zero-order valence-electron chi connectivity index (χ0n) is 15.2. The number of hydrogen-bond donors (Lipinski definition) is 0. The van der Waals surface area contributed by atoms with Gasteiger partial charge < -0.3 is 13.9 Å². The summed E-state index contributed by atoms with van der Waals surface area (Å²) in [6.07, 6.45) is 0.134. The minimum atomic E-state index is -0.432. The minimum Gasteiger partial charge on any atom is -0.464 e. The van der Waals surface area contributed by atoms with Crippen LogP contribution < -0.4 is 10.4 Å². The molecule has 0 saturated carbocycles. The second-order valence-electron chi connectivity index (χ2n) is 7.61. The Morgan fingerprint density at radius 2 is 1.69 bits per heavy atom. The molecule has 1 aromatic heterocycles. The first kappa shape index (κ1) is 16.9. The van der Waals surface area contributed by atoms with Crippen LogP contribution >= 0.6 is 0 Å². The van der Waals surface area contributed by atoms with E-state index in [1.54, 1.807) is 6.07 Å². The molecule has 0 radical (unpaired) electrons. The summed E-state index contributed by atoms with van der Waals surface area (Å²) in [5.41, 5.74) is 1.46. The third kappa shape index (κ3) is 3.13. The molecule has 0 amide bonds. The van der Waals surface area contributed by atoms with E-state index in [-0.39, 0.29) is 17.1 Å². The molecule has 2 heterocycles. The number of ether oxygens (including phenoxy) is 2. The number of para-hydroxylation sites is 1. The van der Waals surface area contributed by atoms with Crippen LogP contribution in [-0.2, 0) is 4.74 Å². The van der Waals surface area contributed by atoms with Gasteiger partial charge in [0.25, 0.3) is 0 Å². The summed E-state index contributed by atoms with van der Waals surface area (Å²) in [7, 11) is 0. The summed E-state index contributed by atoms with van der Waals surface area (Å²) in [6, 6.07) is 17.4. The lowest BCUT2D eigenvalue weighted by atomic mass is 9.86. The normalized spacial score (nSPS) is 19.8. The molecule has 0 unspecified atom stereocenters. The van der Waals surface area contributed by atoms with Crippen molar-refractivity contribution in [1.82, 2.24) is 0 Å². The van der Waals surface area contributed by atoms with Crippen molar-refractivity contribution in [3.8, 4) is 5.75 Å². The Balaban J connectivity index is 1.91. The summed E-state index contributed by atoms with van der Waals surface area (Å²) in [5.74, 6) is 0.444. The lowest BCUT2D eigenvalue weighted by Gasteiger charge is -2.35.